The minimum atomic E-state index is -4.48. The third kappa shape index (κ3) is 4.85. The first-order valence-corrected chi connectivity index (χ1v) is 10.5. The van der Waals surface area contributed by atoms with Gasteiger partial charge in [0.1, 0.15) is 16.3 Å². The van der Waals surface area contributed by atoms with E-state index in [4.69, 9.17) is 11.0 Å². The summed E-state index contributed by atoms with van der Waals surface area (Å²) in [7, 11) is -4.48. The summed E-state index contributed by atoms with van der Waals surface area (Å²) in [6, 6.07) is 20.3. The molecule has 0 bridgehead atoms. The molecule has 0 spiro atoms. The van der Waals surface area contributed by atoms with E-state index in [0.717, 1.165) is 5.56 Å². The SMILES string of the molecule is N#Cc1ccc(-c2ccc(N=Nc3cc(S(=O)(=O)O)c4ccccc4c3N)cn2)cc1.[NaH]. The Morgan fingerprint density at radius 1 is 0.969 bits per heavy atom. The number of nitrogen functional groups attached to an aromatic ring is 1. The molecular weight excluding hydrogens is 437 g/mol. The molecule has 10 heteroatoms. The van der Waals surface area contributed by atoms with Crippen LogP contribution < -0.4 is 5.73 Å². The van der Waals surface area contributed by atoms with Gasteiger partial charge in [0, 0.05) is 16.3 Å². The first-order chi connectivity index (χ1) is 14.9. The fraction of sp³-hybridized carbons (Fsp3) is 0. The van der Waals surface area contributed by atoms with E-state index in [2.05, 4.69) is 21.3 Å². The van der Waals surface area contributed by atoms with Gasteiger partial charge in [-0.25, -0.2) is 0 Å². The molecule has 0 atom stereocenters. The summed E-state index contributed by atoms with van der Waals surface area (Å²) < 4.78 is 33.2. The maximum atomic E-state index is 11.8. The van der Waals surface area contributed by atoms with Gasteiger partial charge >= 0.3 is 29.6 Å². The van der Waals surface area contributed by atoms with Gasteiger partial charge in [0.2, 0.25) is 0 Å². The summed E-state index contributed by atoms with van der Waals surface area (Å²) in [4.78, 5) is 4.05. The monoisotopic (exact) mass is 453 g/mol. The van der Waals surface area contributed by atoms with Crippen LogP contribution in [-0.2, 0) is 10.1 Å². The molecule has 0 fully saturated rings. The topological polar surface area (TPSA) is 142 Å². The first-order valence-electron chi connectivity index (χ1n) is 9.04. The summed E-state index contributed by atoms with van der Waals surface area (Å²) >= 11 is 0. The molecule has 1 heterocycles. The Bertz CT molecular complexity index is 1460. The summed E-state index contributed by atoms with van der Waals surface area (Å²) in [6.45, 7) is 0. The van der Waals surface area contributed by atoms with E-state index in [1.165, 1.54) is 12.3 Å². The van der Waals surface area contributed by atoms with Gasteiger partial charge in [-0.2, -0.15) is 13.7 Å². The Morgan fingerprint density at radius 3 is 2.25 bits per heavy atom. The van der Waals surface area contributed by atoms with Crippen molar-refractivity contribution in [1.82, 2.24) is 4.98 Å². The second-order valence-electron chi connectivity index (χ2n) is 6.62. The van der Waals surface area contributed by atoms with Gasteiger partial charge in [-0.1, -0.05) is 36.4 Å². The zero-order valence-corrected chi connectivity index (χ0v) is 16.8. The number of fused-ring (bicyclic) bond motifs is 1. The Morgan fingerprint density at radius 2 is 1.66 bits per heavy atom. The van der Waals surface area contributed by atoms with E-state index in [-0.39, 0.29) is 45.8 Å². The molecule has 0 amide bonds. The van der Waals surface area contributed by atoms with Gasteiger partial charge in [-0.3, -0.25) is 9.54 Å². The molecule has 3 aromatic carbocycles. The normalized spacial score (nSPS) is 11.2. The van der Waals surface area contributed by atoms with E-state index < -0.39 is 10.1 Å². The van der Waals surface area contributed by atoms with Crippen LogP contribution in [0.15, 0.2) is 88.1 Å². The van der Waals surface area contributed by atoms with Crippen LogP contribution in [0.1, 0.15) is 5.56 Å². The number of nitriles is 1. The van der Waals surface area contributed by atoms with Crippen molar-refractivity contribution in [3.05, 3.63) is 78.5 Å². The zero-order valence-electron chi connectivity index (χ0n) is 16.0. The van der Waals surface area contributed by atoms with Gasteiger partial charge < -0.3 is 5.73 Å². The fourth-order valence-electron chi connectivity index (χ4n) is 3.09. The van der Waals surface area contributed by atoms with E-state index in [9.17, 15) is 13.0 Å². The van der Waals surface area contributed by atoms with E-state index in [1.54, 1.807) is 60.7 Å². The second kappa shape index (κ2) is 9.56. The Kier molecular flexibility index (Phi) is 7.03. The van der Waals surface area contributed by atoms with Crippen LogP contribution in [0.2, 0.25) is 0 Å². The summed E-state index contributed by atoms with van der Waals surface area (Å²) in [5.74, 6) is 0. The van der Waals surface area contributed by atoms with Gasteiger partial charge in [-0.15, -0.1) is 10.2 Å². The minimum absolute atomic E-state index is 0. The molecule has 8 nitrogen and oxygen atoms in total. The van der Waals surface area contributed by atoms with E-state index in [0.29, 0.717) is 27.7 Å². The van der Waals surface area contributed by atoms with Crippen molar-refractivity contribution < 1.29 is 13.0 Å². The molecule has 0 unspecified atom stereocenters. The predicted octanol–water partition coefficient (Wildman–Crippen LogP) is 4.37. The number of hydrogen-bond donors (Lipinski definition) is 2. The molecular formula is C22H16N5NaO3S. The average Bonchev–Trinajstić information content (AvgIpc) is 2.78. The molecule has 1 aromatic heterocycles. The van der Waals surface area contributed by atoms with Crippen LogP contribution in [0.3, 0.4) is 0 Å². The Labute approximate surface area is 206 Å². The quantitative estimate of drug-likeness (QED) is 0.203. The number of azo groups is 1. The van der Waals surface area contributed by atoms with Crippen molar-refractivity contribution in [1.29, 1.82) is 5.26 Å². The van der Waals surface area contributed by atoms with Crippen molar-refractivity contribution in [3.63, 3.8) is 0 Å². The first kappa shape index (κ1) is 23.5. The van der Waals surface area contributed by atoms with Crippen LogP contribution >= 0.6 is 0 Å². The molecule has 0 aliphatic heterocycles. The summed E-state index contributed by atoms with van der Waals surface area (Å²) in [5.41, 5.74) is 9.04. The van der Waals surface area contributed by atoms with Crippen LogP contribution in [0, 0.1) is 11.3 Å². The molecule has 32 heavy (non-hydrogen) atoms. The molecule has 0 radical (unpaired) electrons. The number of nitrogens with zero attached hydrogens (tertiary/aromatic N) is 4. The number of pyridine rings is 1. The predicted molar refractivity (Wildman–Crippen MR) is 124 cm³/mol. The number of rotatable bonds is 4. The van der Waals surface area contributed by atoms with Crippen LogP contribution in [0.5, 0.6) is 0 Å². The van der Waals surface area contributed by atoms with Gasteiger partial charge in [0.15, 0.2) is 0 Å². The number of hydrogen-bond acceptors (Lipinski definition) is 7. The standard InChI is InChI=1S/C22H15N5O3S.Na.H/c23-12-14-5-7-15(8-6-14)19-10-9-16(13-25-19)26-27-20-11-21(31(28,29)30)17-3-1-2-4-18(17)22(20)24;;/h1-11,13H,24H2,(H,28,29,30);;. The third-order valence-corrected chi connectivity index (χ3v) is 5.53. The van der Waals surface area contributed by atoms with Crippen molar-refractivity contribution in [2.24, 2.45) is 10.2 Å². The molecule has 0 aliphatic carbocycles. The molecule has 0 saturated heterocycles. The van der Waals surface area contributed by atoms with Crippen LogP contribution in [-0.4, -0.2) is 47.5 Å². The van der Waals surface area contributed by atoms with Gasteiger partial charge in [-0.05, 0) is 30.3 Å². The molecule has 154 valence electrons. The zero-order chi connectivity index (χ0) is 22.0. The molecule has 3 N–H and O–H groups in total. The number of benzene rings is 3. The van der Waals surface area contributed by atoms with Gasteiger partial charge in [0.05, 0.1) is 29.2 Å². The van der Waals surface area contributed by atoms with Crippen molar-refractivity contribution in [3.8, 4) is 17.3 Å². The fourth-order valence-corrected chi connectivity index (χ4v) is 3.81. The molecule has 0 aliphatic rings. The second-order valence-corrected chi connectivity index (χ2v) is 8.01. The maximum absolute atomic E-state index is 11.8. The molecule has 4 rings (SSSR count). The third-order valence-electron chi connectivity index (χ3n) is 4.64. The van der Waals surface area contributed by atoms with E-state index >= 15 is 0 Å². The summed E-state index contributed by atoms with van der Waals surface area (Å²) in [5, 5.41) is 17.8. The number of nitrogens with two attached hydrogens (primary N) is 1. The van der Waals surface area contributed by atoms with Crippen molar-refractivity contribution in [2.45, 2.75) is 4.90 Å². The molecule has 0 saturated carbocycles. The van der Waals surface area contributed by atoms with Gasteiger partial charge in [0.25, 0.3) is 10.1 Å². The van der Waals surface area contributed by atoms with E-state index in [1.807, 2.05) is 0 Å². The summed E-state index contributed by atoms with van der Waals surface area (Å²) in [6.07, 6.45) is 1.51. The number of aromatic nitrogens is 1. The number of anilines is 1. The Balaban J connectivity index is 0.00000289. The van der Waals surface area contributed by atoms with Crippen LogP contribution in [0.4, 0.5) is 17.1 Å². The van der Waals surface area contributed by atoms with Crippen molar-refractivity contribution >= 4 is 67.5 Å². The average molecular weight is 453 g/mol. The molecule has 4 aromatic rings. The van der Waals surface area contributed by atoms with Crippen molar-refractivity contribution in [2.75, 3.05) is 5.73 Å². The van der Waals surface area contributed by atoms with Crippen LogP contribution in [0.25, 0.3) is 22.0 Å². The Hall–Kier alpha value is -3.13.